The number of benzene rings is 1. The van der Waals surface area contributed by atoms with Gasteiger partial charge in [-0.05, 0) is 44.0 Å². The van der Waals surface area contributed by atoms with E-state index in [4.69, 9.17) is 11.6 Å². The summed E-state index contributed by atoms with van der Waals surface area (Å²) in [6.07, 6.45) is 2.77. The predicted octanol–water partition coefficient (Wildman–Crippen LogP) is 4.40. The lowest BCUT2D eigenvalue weighted by Gasteiger charge is -2.18. The van der Waals surface area contributed by atoms with Crippen molar-refractivity contribution in [1.29, 1.82) is 0 Å². The molecule has 0 spiro atoms. The molecule has 1 aromatic carbocycles. The molecule has 5 heteroatoms. The summed E-state index contributed by atoms with van der Waals surface area (Å²) in [6, 6.07) is 5.23. The summed E-state index contributed by atoms with van der Waals surface area (Å²) in [6.45, 7) is 5.12. The Morgan fingerprint density at radius 1 is 1.38 bits per heavy atom. The van der Waals surface area contributed by atoms with Gasteiger partial charge in [0.05, 0.1) is 15.7 Å². The maximum absolute atomic E-state index is 13.2. The Kier molecular flexibility index (Phi) is 6.15. The zero-order valence-corrected chi connectivity index (χ0v) is 13.9. The minimum Gasteiger partial charge on any atom is -0.313 e. The van der Waals surface area contributed by atoms with Crippen molar-refractivity contribution in [2.45, 2.75) is 39.2 Å². The van der Waals surface area contributed by atoms with Crippen LogP contribution in [0.25, 0.3) is 0 Å². The largest absolute Gasteiger partial charge is 0.313 e. The third-order valence-corrected chi connectivity index (χ3v) is 4.38. The van der Waals surface area contributed by atoms with E-state index in [9.17, 15) is 4.39 Å². The molecule has 0 aliphatic rings. The van der Waals surface area contributed by atoms with Crippen molar-refractivity contribution in [1.82, 2.24) is 10.3 Å². The molecule has 1 N–H and O–H groups in total. The summed E-state index contributed by atoms with van der Waals surface area (Å²) in [7, 11) is 0. The fourth-order valence-corrected chi connectivity index (χ4v) is 3.10. The van der Waals surface area contributed by atoms with Crippen LogP contribution in [0.15, 0.2) is 23.6 Å². The zero-order chi connectivity index (χ0) is 15.2. The van der Waals surface area contributed by atoms with Crippen LogP contribution >= 0.6 is 22.9 Å². The number of hydrogen-bond donors (Lipinski definition) is 1. The van der Waals surface area contributed by atoms with Crippen LogP contribution in [0.3, 0.4) is 0 Å². The Balaban J connectivity index is 2.06. The monoisotopic (exact) mass is 326 g/mol. The predicted molar refractivity (Wildman–Crippen MR) is 87.8 cm³/mol. The summed E-state index contributed by atoms with van der Waals surface area (Å²) in [4.78, 5) is 4.52. The molecule has 2 rings (SSSR count). The van der Waals surface area contributed by atoms with Crippen LogP contribution in [0.5, 0.6) is 0 Å². The van der Waals surface area contributed by atoms with Crippen LogP contribution in [0, 0.1) is 12.7 Å². The lowest BCUT2D eigenvalue weighted by molar-refractivity contribution is 0.500. The van der Waals surface area contributed by atoms with E-state index >= 15 is 0 Å². The quantitative estimate of drug-likeness (QED) is 0.816. The SMILES string of the molecule is CCCNC(Cc1ccc(F)c(Cl)c1)Cc1csc(C)n1. The fourth-order valence-electron chi connectivity index (χ4n) is 2.27. The summed E-state index contributed by atoms with van der Waals surface area (Å²) >= 11 is 7.53. The van der Waals surface area contributed by atoms with Gasteiger partial charge in [0, 0.05) is 17.8 Å². The van der Waals surface area contributed by atoms with E-state index in [0.717, 1.165) is 42.1 Å². The molecular formula is C16H20ClFN2S. The zero-order valence-electron chi connectivity index (χ0n) is 12.3. The molecule has 1 heterocycles. The Labute approximate surface area is 134 Å². The molecule has 1 atom stereocenters. The molecule has 0 amide bonds. The first-order chi connectivity index (χ1) is 10.1. The number of hydrogen-bond acceptors (Lipinski definition) is 3. The fraction of sp³-hybridized carbons (Fsp3) is 0.438. The lowest BCUT2D eigenvalue weighted by Crippen LogP contribution is -2.34. The normalized spacial score (nSPS) is 12.6. The first-order valence-electron chi connectivity index (χ1n) is 7.16. The smallest absolute Gasteiger partial charge is 0.141 e. The van der Waals surface area contributed by atoms with E-state index in [1.54, 1.807) is 23.5 Å². The van der Waals surface area contributed by atoms with Gasteiger partial charge in [-0.15, -0.1) is 11.3 Å². The number of aromatic nitrogens is 1. The van der Waals surface area contributed by atoms with Gasteiger partial charge < -0.3 is 5.32 Å². The van der Waals surface area contributed by atoms with E-state index in [1.807, 2.05) is 6.92 Å². The first-order valence-corrected chi connectivity index (χ1v) is 8.42. The molecule has 1 unspecified atom stereocenters. The maximum Gasteiger partial charge on any atom is 0.141 e. The lowest BCUT2D eigenvalue weighted by atomic mass is 10.0. The van der Waals surface area contributed by atoms with Crippen molar-refractivity contribution < 1.29 is 4.39 Å². The van der Waals surface area contributed by atoms with Crippen molar-refractivity contribution in [3.8, 4) is 0 Å². The Morgan fingerprint density at radius 3 is 2.81 bits per heavy atom. The first kappa shape index (κ1) is 16.4. The van der Waals surface area contributed by atoms with Gasteiger partial charge in [0.15, 0.2) is 0 Å². The van der Waals surface area contributed by atoms with Gasteiger partial charge in [0.2, 0.25) is 0 Å². The highest BCUT2D eigenvalue weighted by molar-refractivity contribution is 7.09. The second-order valence-corrected chi connectivity index (χ2v) is 6.64. The molecule has 0 saturated carbocycles. The standard InChI is InChI=1S/C16H20ClFN2S/c1-3-6-19-13(9-14-10-21-11(2)20-14)7-12-4-5-16(18)15(17)8-12/h4-5,8,10,13,19H,3,6-7,9H2,1-2H3. The van der Waals surface area contributed by atoms with Crippen LogP contribution in [0.2, 0.25) is 5.02 Å². The average molecular weight is 327 g/mol. The molecule has 0 aliphatic carbocycles. The van der Waals surface area contributed by atoms with Crippen molar-refractivity contribution in [3.63, 3.8) is 0 Å². The summed E-state index contributed by atoms with van der Waals surface area (Å²) in [5.41, 5.74) is 2.15. The second kappa shape index (κ2) is 7.87. The Hall–Kier alpha value is -0.970. The summed E-state index contributed by atoms with van der Waals surface area (Å²) in [5, 5.41) is 6.92. The number of thiazole rings is 1. The molecule has 0 aliphatic heterocycles. The minimum atomic E-state index is -0.367. The van der Waals surface area contributed by atoms with Gasteiger partial charge in [-0.2, -0.15) is 0 Å². The van der Waals surface area contributed by atoms with Crippen molar-refractivity contribution >= 4 is 22.9 Å². The third-order valence-electron chi connectivity index (χ3n) is 3.27. The van der Waals surface area contributed by atoms with E-state index in [1.165, 1.54) is 6.07 Å². The summed E-state index contributed by atoms with van der Waals surface area (Å²) in [5.74, 6) is -0.367. The number of nitrogens with one attached hydrogen (secondary N) is 1. The molecule has 1 aromatic heterocycles. The molecule has 0 fully saturated rings. The van der Waals surface area contributed by atoms with E-state index in [2.05, 4.69) is 22.6 Å². The van der Waals surface area contributed by atoms with E-state index in [-0.39, 0.29) is 16.9 Å². The van der Waals surface area contributed by atoms with Crippen LogP contribution in [-0.4, -0.2) is 17.6 Å². The minimum absolute atomic E-state index is 0.186. The molecule has 0 saturated heterocycles. The highest BCUT2D eigenvalue weighted by Crippen LogP contribution is 2.18. The van der Waals surface area contributed by atoms with Crippen LogP contribution in [0.4, 0.5) is 4.39 Å². The number of nitrogens with zero attached hydrogens (tertiary/aromatic N) is 1. The summed E-state index contributed by atoms with van der Waals surface area (Å²) < 4.78 is 13.2. The molecule has 0 bridgehead atoms. The van der Waals surface area contributed by atoms with Gasteiger partial charge in [0.25, 0.3) is 0 Å². The topological polar surface area (TPSA) is 24.9 Å². The highest BCUT2D eigenvalue weighted by Gasteiger charge is 2.13. The van der Waals surface area contributed by atoms with Gasteiger partial charge in [-0.3, -0.25) is 0 Å². The number of aryl methyl sites for hydroxylation is 1. The van der Waals surface area contributed by atoms with Crippen LogP contribution < -0.4 is 5.32 Å². The molecule has 2 aromatic rings. The second-order valence-electron chi connectivity index (χ2n) is 5.17. The van der Waals surface area contributed by atoms with Crippen LogP contribution in [-0.2, 0) is 12.8 Å². The van der Waals surface area contributed by atoms with Crippen molar-refractivity contribution in [3.05, 3.63) is 50.7 Å². The van der Waals surface area contributed by atoms with Gasteiger partial charge in [0.1, 0.15) is 5.82 Å². The number of rotatable bonds is 7. The third kappa shape index (κ3) is 5.06. The maximum atomic E-state index is 13.2. The van der Waals surface area contributed by atoms with Gasteiger partial charge >= 0.3 is 0 Å². The van der Waals surface area contributed by atoms with Gasteiger partial charge in [-0.1, -0.05) is 24.6 Å². The Morgan fingerprint density at radius 2 is 2.19 bits per heavy atom. The van der Waals surface area contributed by atoms with Crippen LogP contribution in [0.1, 0.15) is 29.6 Å². The van der Waals surface area contributed by atoms with Crippen molar-refractivity contribution in [2.24, 2.45) is 0 Å². The number of halogens is 2. The highest BCUT2D eigenvalue weighted by atomic mass is 35.5. The molecule has 2 nitrogen and oxygen atoms in total. The molecule has 21 heavy (non-hydrogen) atoms. The molecular weight excluding hydrogens is 307 g/mol. The Bertz CT molecular complexity index is 585. The van der Waals surface area contributed by atoms with Crippen molar-refractivity contribution in [2.75, 3.05) is 6.54 Å². The average Bonchev–Trinajstić information content (AvgIpc) is 2.85. The van der Waals surface area contributed by atoms with E-state index in [0.29, 0.717) is 0 Å². The van der Waals surface area contributed by atoms with Gasteiger partial charge in [-0.25, -0.2) is 9.37 Å². The van der Waals surface area contributed by atoms with E-state index < -0.39 is 0 Å². The molecule has 0 radical (unpaired) electrons. The molecule has 114 valence electrons.